The van der Waals surface area contributed by atoms with E-state index in [0.717, 1.165) is 17.0 Å². The Morgan fingerprint density at radius 1 is 0.762 bits per heavy atom. The number of imide groups is 2. The monoisotopic (exact) mass is 604 g/mol. The molecule has 2 aliphatic carbocycles. The summed E-state index contributed by atoms with van der Waals surface area (Å²) in [5.74, 6) is -6.49. The summed E-state index contributed by atoms with van der Waals surface area (Å²) in [6.45, 7) is 0. The lowest BCUT2D eigenvalue weighted by molar-refractivity contribution is -0.125. The lowest BCUT2D eigenvalue weighted by Crippen LogP contribution is -2.60. The molecule has 4 aliphatic rings. The predicted octanol–water partition coefficient (Wildman–Crippen LogP) is 5.30. The maximum atomic E-state index is 14.3. The minimum Gasteiger partial charge on any atom is -0.508 e. The summed E-state index contributed by atoms with van der Waals surface area (Å²) in [6.07, 6.45) is 1.82. The summed E-state index contributed by atoms with van der Waals surface area (Å²) in [4.78, 5) is 53.9. The van der Waals surface area contributed by atoms with Gasteiger partial charge >= 0.3 is 0 Å². The van der Waals surface area contributed by atoms with Gasteiger partial charge in [-0.25, -0.2) is 9.29 Å². The van der Waals surface area contributed by atoms with Crippen LogP contribution in [0.1, 0.15) is 24.3 Å². The maximum Gasteiger partial charge on any atom is 0.258 e. The summed E-state index contributed by atoms with van der Waals surface area (Å²) >= 11 is 14.6. The van der Waals surface area contributed by atoms with Crippen LogP contribution in [0.2, 0.25) is 0 Å². The number of rotatable bonds is 3. The summed E-state index contributed by atoms with van der Waals surface area (Å²) in [5.41, 5.74) is 1.38. The lowest BCUT2D eigenvalue weighted by Gasteiger charge is -2.50. The highest BCUT2D eigenvalue weighted by molar-refractivity contribution is 6.58. The minimum atomic E-state index is -2.10. The van der Waals surface area contributed by atoms with Gasteiger partial charge in [-0.1, -0.05) is 48.0 Å². The molecule has 3 fully saturated rings. The molecule has 3 aromatic carbocycles. The van der Waals surface area contributed by atoms with Crippen LogP contribution >= 0.6 is 23.2 Å². The van der Waals surface area contributed by atoms with Gasteiger partial charge in [-0.3, -0.25) is 24.1 Å². The third-order valence-electron chi connectivity index (χ3n) is 9.16. The number of benzene rings is 3. The van der Waals surface area contributed by atoms with Crippen LogP contribution in [0.3, 0.4) is 0 Å². The van der Waals surface area contributed by atoms with Crippen molar-refractivity contribution in [2.45, 2.75) is 28.5 Å². The van der Waals surface area contributed by atoms with Crippen molar-refractivity contribution in [3.05, 3.63) is 102 Å². The topological polar surface area (TPSA) is 95.0 Å². The van der Waals surface area contributed by atoms with Gasteiger partial charge in [0, 0.05) is 11.5 Å². The highest BCUT2D eigenvalue weighted by atomic mass is 35.5. The van der Waals surface area contributed by atoms with E-state index in [0.29, 0.717) is 11.3 Å². The van der Waals surface area contributed by atoms with Gasteiger partial charge in [-0.05, 0) is 61.2 Å². The van der Waals surface area contributed by atoms with E-state index in [1.165, 1.54) is 23.1 Å². The Bertz CT molecular complexity index is 1710. The van der Waals surface area contributed by atoms with Gasteiger partial charge in [0.1, 0.15) is 11.6 Å². The van der Waals surface area contributed by atoms with Gasteiger partial charge in [-0.15, -0.1) is 23.2 Å². The highest BCUT2D eigenvalue weighted by Crippen LogP contribution is 2.66. The molecule has 0 radical (unpaired) electrons. The van der Waals surface area contributed by atoms with Crippen LogP contribution < -0.4 is 9.80 Å². The number of carbonyl (C=O) groups excluding carboxylic acids is 4. The number of para-hydroxylation sites is 2. The first-order valence-electron chi connectivity index (χ1n) is 13.5. The number of allylic oxidation sites excluding steroid dienone is 2. The summed E-state index contributed by atoms with van der Waals surface area (Å²) < 4.78 is 13.8. The molecule has 2 aliphatic heterocycles. The molecule has 7 nitrogen and oxygen atoms in total. The summed E-state index contributed by atoms with van der Waals surface area (Å²) in [7, 11) is 0. The van der Waals surface area contributed by atoms with E-state index in [1.54, 1.807) is 48.5 Å². The molecule has 6 atom stereocenters. The smallest absolute Gasteiger partial charge is 0.258 e. The number of hydrogen-bond acceptors (Lipinski definition) is 5. The Balaban J connectivity index is 1.41. The first kappa shape index (κ1) is 26.9. The molecule has 2 saturated heterocycles. The molecule has 0 aromatic heterocycles. The van der Waals surface area contributed by atoms with Crippen LogP contribution in [0.25, 0.3) is 0 Å². The molecule has 0 spiro atoms. The van der Waals surface area contributed by atoms with Gasteiger partial charge in [0.05, 0.1) is 23.2 Å². The summed E-state index contributed by atoms with van der Waals surface area (Å²) in [5, 5.41) is 11.0. The number of aromatic hydroxyl groups is 1. The Morgan fingerprint density at radius 2 is 1.40 bits per heavy atom. The van der Waals surface area contributed by atoms with Gasteiger partial charge in [0.2, 0.25) is 11.8 Å². The molecule has 10 heteroatoms. The van der Waals surface area contributed by atoms with Crippen molar-refractivity contribution in [2.75, 3.05) is 9.80 Å². The summed E-state index contributed by atoms with van der Waals surface area (Å²) in [6, 6.07) is 19.8. The van der Waals surface area contributed by atoms with Crippen LogP contribution in [0.5, 0.6) is 5.75 Å². The zero-order chi connectivity index (χ0) is 29.6. The molecule has 6 unspecified atom stereocenters. The van der Waals surface area contributed by atoms with E-state index < -0.39 is 57.0 Å². The Morgan fingerprint density at radius 3 is 2.10 bits per heavy atom. The second kappa shape index (κ2) is 9.24. The number of carbonyl (C=O) groups is 4. The van der Waals surface area contributed by atoms with Crippen LogP contribution in [0.4, 0.5) is 15.8 Å². The quantitative estimate of drug-likeness (QED) is 0.249. The third kappa shape index (κ3) is 3.39. The fourth-order valence-electron chi connectivity index (χ4n) is 7.31. The zero-order valence-electron chi connectivity index (χ0n) is 21.9. The molecule has 2 heterocycles. The zero-order valence-corrected chi connectivity index (χ0v) is 23.4. The Hall–Kier alpha value is -4.01. The van der Waals surface area contributed by atoms with Gasteiger partial charge in [0.25, 0.3) is 11.8 Å². The second-order valence-corrected chi connectivity index (χ2v) is 12.4. The SMILES string of the molecule is O=C1C2CC=C3C(CC4(Cl)C(=O)N(c5ccc(F)cc5)C(=O)C4(Cl)C3c3ccccc3O)C2C(=O)N1c1ccccc1. The fourth-order valence-corrected chi connectivity index (χ4v) is 8.23. The van der Waals surface area contributed by atoms with E-state index in [-0.39, 0.29) is 35.7 Å². The molecule has 7 rings (SSSR count). The van der Waals surface area contributed by atoms with Gasteiger partial charge in [-0.2, -0.15) is 0 Å². The van der Waals surface area contributed by atoms with Crippen molar-refractivity contribution in [3.8, 4) is 5.75 Å². The molecular formula is C32H23Cl2FN2O5. The number of nitrogens with zero attached hydrogens (tertiary/aromatic N) is 2. The van der Waals surface area contributed by atoms with Crippen molar-refractivity contribution < 1.29 is 28.7 Å². The molecule has 42 heavy (non-hydrogen) atoms. The Labute approximate surface area is 250 Å². The van der Waals surface area contributed by atoms with Crippen LogP contribution in [-0.4, -0.2) is 38.5 Å². The fraction of sp³-hybridized carbons (Fsp3) is 0.250. The Kier molecular flexibility index (Phi) is 5.91. The second-order valence-electron chi connectivity index (χ2n) is 11.2. The lowest BCUT2D eigenvalue weighted by atomic mass is 9.56. The molecule has 212 valence electrons. The number of phenolic OH excluding ortho intramolecular Hbond substituents is 1. The number of fused-ring (bicyclic) bond motifs is 4. The standard InChI is InChI=1S/C32H23Cl2FN2O5/c33-31-16-23-20(14-15-22-25(23)28(40)36(27(22)39)18-6-2-1-3-7-18)26(21-8-4-5-9-24(21)38)32(31,34)30(42)37(29(31)41)19-12-10-17(35)11-13-19/h1-14,22-23,25-26,38H,15-16H2. The first-order valence-corrected chi connectivity index (χ1v) is 14.3. The van der Waals surface area contributed by atoms with Crippen molar-refractivity contribution >= 4 is 58.2 Å². The van der Waals surface area contributed by atoms with Gasteiger partial charge in [0.15, 0.2) is 9.75 Å². The number of anilines is 2. The molecular weight excluding hydrogens is 582 g/mol. The van der Waals surface area contributed by atoms with Crippen LogP contribution in [0.15, 0.2) is 90.5 Å². The largest absolute Gasteiger partial charge is 0.508 e. The van der Waals surface area contributed by atoms with Crippen LogP contribution in [0, 0.1) is 23.6 Å². The van der Waals surface area contributed by atoms with E-state index in [9.17, 15) is 28.7 Å². The predicted molar refractivity (Wildman–Crippen MR) is 154 cm³/mol. The van der Waals surface area contributed by atoms with Crippen molar-refractivity contribution in [1.29, 1.82) is 0 Å². The number of hydrogen-bond donors (Lipinski definition) is 1. The van der Waals surface area contributed by atoms with E-state index in [2.05, 4.69) is 0 Å². The number of halogens is 3. The normalized spacial score (nSPS) is 32.0. The number of amides is 4. The number of phenols is 1. The van der Waals surface area contributed by atoms with Crippen molar-refractivity contribution in [1.82, 2.24) is 0 Å². The van der Waals surface area contributed by atoms with Crippen molar-refractivity contribution in [3.63, 3.8) is 0 Å². The molecule has 1 N–H and O–H groups in total. The minimum absolute atomic E-state index is 0.0917. The third-order valence-corrected chi connectivity index (χ3v) is 10.6. The maximum absolute atomic E-state index is 14.3. The van der Waals surface area contributed by atoms with Gasteiger partial charge < -0.3 is 5.11 Å². The first-order chi connectivity index (χ1) is 20.1. The highest BCUT2D eigenvalue weighted by Gasteiger charge is 2.76. The van der Waals surface area contributed by atoms with Crippen LogP contribution in [-0.2, 0) is 19.2 Å². The molecule has 3 aromatic rings. The average Bonchev–Trinajstić information content (AvgIpc) is 3.32. The average molecular weight is 605 g/mol. The molecule has 4 amide bonds. The molecule has 0 bridgehead atoms. The van der Waals surface area contributed by atoms with E-state index in [4.69, 9.17) is 23.2 Å². The van der Waals surface area contributed by atoms with Crippen molar-refractivity contribution in [2.24, 2.45) is 17.8 Å². The van der Waals surface area contributed by atoms with E-state index >= 15 is 0 Å². The number of alkyl halides is 2. The van der Waals surface area contributed by atoms with E-state index in [1.807, 2.05) is 6.08 Å². The molecule has 1 saturated carbocycles.